The molecule has 1 N–H and O–H groups in total. The second-order valence-electron chi connectivity index (χ2n) is 8.85. The van der Waals surface area contributed by atoms with E-state index in [1.807, 2.05) is 77.7 Å². The number of amides is 2. The highest BCUT2D eigenvalue weighted by molar-refractivity contribution is 5.82. The molecule has 3 aromatic carbocycles. The van der Waals surface area contributed by atoms with E-state index < -0.39 is 0 Å². The minimum Gasteiger partial charge on any atom is -0.496 e. The summed E-state index contributed by atoms with van der Waals surface area (Å²) in [5.41, 5.74) is 3.23. The van der Waals surface area contributed by atoms with Gasteiger partial charge < -0.3 is 15.0 Å². The molecular formula is C29H32N2O3. The zero-order valence-electron chi connectivity index (χ0n) is 19.7. The number of likely N-dealkylation sites (tertiary alicyclic amines) is 1. The minimum atomic E-state index is -0.239. The number of nitrogens with zero attached hydrogens (tertiary/aromatic N) is 1. The Morgan fingerprint density at radius 2 is 1.59 bits per heavy atom. The lowest BCUT2D eigenvalue weighted by Crippen LogP contribution is -2.48. The molecule has 1 aliphatic rings. The van der Waals surface area contributed by atoms with Crippen molar-refractivity contribution in [2.45, 2.75) is 25.2 Å². The third-order valence-corrected chi connectivity index (χ3v) is 6.53. The molecule has 0 saturated carbocycles. The van der Waals surface area contributed by atoms with Gasteiger partial charge in [-0.25, -0.2) is 0 Å². The maximum absolute atomic E-state index is 13.2. The molecule has 2 atom stereocenters. The molecule has 0 bridgehead atoms. The number of benzene rings is 3. The predicted octanol–water partition coefficient (Wildman–Crippen LogP) is 4.23. The normalized spacial score (nSPS) is 17.7. The van der Waals surface area contributed by atoms with Crippen LogP contribution in [0.15, 0.2) is 84.9 Å². The summed E-state index contributed by atoms with van der Waals surface area (Å²) in [4.78, 5) is 28.2. The summed E-state index contributed by atoms with van der Waals surface area (Å²) in [5, 5.41) is 3.10. The van der Waals surface area contributed by atoms with E-state index in [0.717, 1.165) is 23.3 Å². The van der Waals surface area contributed by atoms with Crippen molar-refractivity contribution < 1.29 is 14.3 Å². The highest BCUT2D eigenvalue weighted by Crippen LogP contribution is 2.31. The lowest BCUT2D eigenvalue weighted by molar-refractivity contribution is -0.135. The summed E-state index contributed by atoms with van der Waals surface area (Å²) in [7, 11) is 1.66. The molecule has 2 unspecified atom stereocenters. The topological polar surface area (TPSA) is 58.6 Å². The van der Waals surface area contributed by atoms with Gasteiger partial charge in [0.15, 0.2) is 0 Å². The first-order valence-electron chi connectivity index (χ1n) is 11.9. The van der Waals surface area contributed by atoms with E-state index in [4.69, 9.17) is 4.74 Å². The number of para-hydroxylation sites is 1. The van der Waals surface area contributed by atoms with Crippen LogP contribution in [0.25, 0.3) is 0 Å². The molecule has 3 aromatic rings. The van der Waals surface area contributed by atoms with Crippen LogP contribution in [-0.4, -0.2) is 43.5 Å². The van der Waals surface area contributed by atoms with Gasteiger partial charge in [-0.1, -0.05) is 78.9 Å². The summed E-state index contributed by atoms with van der Waals surface area (Å²) in [6.45, 7) is 1.62. The average Bonchev–Trinajstić information content (AvgIpc) is 2.89. The quantitative estimate of drug-likeness (QED) is 0.552. The molecule has 34 heavy (non-hydrogen) atoms. The van der Waals surface area contributed by atoms with Gasteiger partial charge in [0.05, 0.1) is 19.4 Å². The van der Waals surface area contributed by atoms with Crippen molar-refractivity contribution in [1.82, 2.24) is 10.2 Å². The fourth-order valence-corrected chi connectivity index (χ4v) is 4.72. The van der Waals surface area contributed by atoms with E-state index >= 15 is 0 Å². The van der Waals surface area contributed by atoms with Crippen LogP contribution in [0.5, 0.6) is 5.75 Å². The third kappa shape index (κ3) is 6.04. The Labute approximate surface area is 201 Å². The zero-order valence-corrected chi connectivity index (χ0v) is 19.7. The first-order valence-corrected chi connectivity index (χ1v) is 11.9. The molecule has 0 aromatic heterocycles. The van der Waals surface area contributed by atoms with E-state index in [1.165, 1.54) is 5.56 Å². The Kier molecular flexibility index (Phi) is 7.97. The number of hydrogen-bond acceptors (Lipinski definition) is 3. The van der Waals surface area contributed by atoms with Gasteiger partial charge in [-0.15, -0.1) is 0 Å². The number of rotatable bonds is 8. The molecule has 2 amide bonds. The van der Waals surface area contributed by atoms with Crippen molar-refractivity contribution in [2.75, 3.05) is 26.7 Å². The van der Waals surface area contributed by atoms with E-state index in [-0.39, 0.29) is 23.7 Å². The first kappa shape index (κ1) is 23.6. The maximum Gasteiger partial charge on any atom is 0.227 e. The lowest BCUT2D eigenvalue weighted by Gasteiger charge is -2.37. The summed E-state index contributed by atoms with van der Waals surface area (Å²) < 4.78 is 5.41. The number of carbonyl (C=O) groups is 2. The summed E-state index contributed by atoms with van der Waals surface area (Å²) in [5.74, 6) is 0.805. The first-order chi connectivity index (χ1) is 16.6. The smallest absolute Gasteiger partial charge is 0.227 e. The van der Waals surface area contributed by atoms with Crippen molar-refractivity contribution >= 4 is 11.8 Å². The summed E-state index contributed by atoms with van der Waals surface area (Å²) in [6, 6.07) is 27.8. The van der Waals surface area contributed by atoms with E-state index in [0.29, 0.717) is 32.5 Å². The lowest BCUT2D eigenvalue weighted by atomic mass is 9.83. The van der Waals surface area contributed by atoms with Gasteiger partial charge in [0.1, 0.15) is 5.75 Å². The zero-order chi connectivity index (χ0) is 23.8. The van der Waals surface area contributed by atoms with Crippen LogP contribution < -0.4 is 10.1 Å². The molecule has 1 fully saturated rings. The van der Waals surface area contributed by atoms with E-state index in [1.54, 1.807) is 7.11 Å². The number of methoxy groups -OCH3 is 1. The van der Waals surface area contributed by atoms with E-state index in [9.17, 15) is 9.59 Å². The number of hydrogen-bond donors (Lipinski definition) is 1. The molecule has 1 aliphatic heterocycles. The highest BCUT2D eigenvalue weighted by Gasteiger charge is 2.34. The maximum atomic E-state index is 13.2. The van der Waals surface area contributed by atoms with Gasteiger partial charge in [-0.05, 0) is 35.6 Å². The van der Waals surface area contributed by atoms with Crippen LogP contribution in [0, 0.1) is 5.92 Å². The molecule has 4 rings (SSSR count). The molecule has 5 nitrogen and oxygen atoms in total. The Hall–Kier alpha value is -3.60. The van der Waals surface area contributed by atoms with Crippen LogP contribution in [-0.2, 0) is 22.4 Å². The molecule has 0 spiro atoms. The van der Waals surface area contributed by atoms with Crippen LogP contribution >= 0.6 is 0 Å². The Morgan fingerprint density at radius 3 is 2.32 bits per heavy atom. The van der Waals surface area contributed by atoms with Crippen molar-refractivity contribution in [3.63, 3.8) is 0 Å². The van der Waals surface area contributed by atoms with Gasteiger partial charge in [0.25, 0.3) is 0 Å². The monoisotopic (exact) mass is 456 g/mol. The Balaban J connectivity index is 1.43. The van der Waals surface area contributed by atoms with Gasteiger partial charge in [0.2, 0.25) is 11.8 Å². The summed E-state index contributed by atoms with van der Waals surface area (Å²) in [6.07, 6.45) is 1.78. The summed E-state index contributed by atoms with van der Waals surface area (Å²) >= 11 is 0. The molecule has 0 aliphatic carbocycles. The average molecular weight is 457 g/mol. The largest absolute Gasteiger partial charge is 0.496 e. The molecule has 1 heterocycles. The second kappa shape index (κ2) is 11.5. The highest BCUT2D eigenvalue weighted by atomic mass is 16.5. The van der Waals surface area contributed by atoms with Crippen molar-refractivity contribution in [1.29, 1.82) is 0 Å². The number of nitrogens with one attached hydrogen (secondary N) is 1. The van der Waals surface area contributed by atoms with Gasteiger partial charge in [0, 0.05) is 25.6 Å². The molecule has 176 valence electrons. The van der Waals surface area contributed by atoms with Crippen molar-refractivity contribution in [3.05, 3.63) is 102 Å². The second-order valence-corrected chi connectivity index (χ2v) is 8.85. The molecule has 5 heteroatoms. The third-order valence-electron chi connectivity index (χ3n) is 6.53. The number of piperidine rings is 1. The van der Waals surface area contributed by atoms with Gasteiger partial charge >= 0.3 is 0 Å². The van der Waals surface area contributed by atoms with Gasteiger partial charge in [-0.3, -0.25) is 9.59 Å². The predicted molar refractivity (Wildman–Crippen MR) is 134 cm³/mol. The van der Waals surface area contributed by atoms with Crippen molar-refractivity contribution in [3.8, 4) is 5.75 Å². The Morgan fingerprint density at radius 1 is 0.912 bits per heavy atom. The number of carbonyl (C=O) groups excluding carboxylic acids is 2. The minimum absolute atomic E-state index is 0.00744. The van der Waals surface area contributed by atoms with E-state index in [2.05, 4.69) is 17.4 Å². The van der Waals surface area contributed by atoms with Crippen LogP contribution in [0.4, 0.5) is 0 Å². The molecule has 1 saturated heterocycles. The van der Waals surface area contributed by atoms with Crippen molar-refractivity contribution in [2.24, 2.45) is 5.92 Å². The SMILES string of the molecule is COc1ccccc1CCNC(=O)C1CC(c2ccccc2)CN(C(=O)Cc2ccccc2)C1. The van der Waals surface area contributed by atoms with Crippen LogP contribution in [0.1, 0.15) is 29.0 Å². The Bertz CT molecular complexity index is 1080. The van der Waals surface area contributed by atoms with Gasteiger partial charge in [-0.2, -0.15) is 0 Å². The fraction of sp³-hybridized carbons (Fsp3) is 0.310. The van der Waals surface area contributed by atoms with Crippen LogP contribution in [0.2, 0.25) is 0 Å². The molecular weight excluding hydrogens is 424 g/mol. The standard InChI is InChI=1S/C29H32N2O3/c1-34-27-15-9-8-14-24(27)16-17-30-29(33)26-19-25(23-12-6-3-7-13-23)20-31(21-26)28(32)18-22-10-4-2-5-11-22/h2-15,25-26H,16-21H2,1H3,(H,30,33). The number of ether oxygens (including phenoxy) is 1. The fourth-order valence-electron chi connectivity index (χ4n) is 4.72. The molecule has 0 radical (unpaired) electrons. The van der Waals surface area contributed by atoms with Crippen LogP contribution in [0.3, 0.4) is 0 Å².